The van der Waals surface area contributed by atoms with E-state index < -0.39 is 30.1 Å². The van der Waals surface area contributed by atoms with E-state index in [1.807, 2.05) is 49.1 Å². The zero-order valence-electron chi connectivity index (χ0n) is 32.0. The van der Waals surface area contributed by atoms with E-state index in [0.29, 0.717) is 57.8 Å². The first-order chi connectivity index (χ1) is 24.7. The third-order valence-electron chi connectivity index (χ3n) is 10.7. The number of hydrogen-bond donors (Lipinski definition) is 5. The number of benzene rings is 1. The maximum atomic E-state index is 14.3. The molecule has 5 atom stereocenters. The van der Waals surface area contributed by atoms with E-state index >= 15 is 0 Å². The Hall–Kier alpha value is -2.57. The minimum Gasteiger partial charge on any atom is -0.391 e. The molecule has 0 spiro atoms. The SMILES string of the molecule is CCCC[C@H](N[C@@H](Cc1ccccc1)C(=O)N1CCC(OCOC)CC1)C(=O)N[C@@H](CC1CCCCC1)[C@@H](O)C[C@H](C(=O)NCCCN)C(C)C. The van der Waals surface area contributed by atoms with Crippen molar-refractivity contribution in [1.29, 1.82) is 0 Å². The topological polar surface area (TPSA) is 155 Å². The number of methoxy groups -OCH3 is 1. The predicted octanol–water partition coefficient (Wildman–Crippen LogP) is 4.30. The minimum atomic E-state index is -0.890. The molecule has 11 nitrogen and oxygen atoms in total. The van der Waals surface area contributed by atoms with Crippen LogP contribution in [0.15, 0.2) is 30.3 Å². The van der Waals surface area contributed by atoms with Gasteiger partial charge in [0, 0.05) is 32.7 Å². The number of piperidine rings is 1. The van der Waals surface area contributed by atoms with Crippen LogP contribution in [0.4, 0.5) is 0 Å². The maximum Gasteiger partial charge on any atom is 0.240 e. The predicted molar refractivity (Wildman–Crippen MR) is 202 cm³/mol. The van der Waals surface area contributed by atoms with Gasteiger partial charge in [-0.05, 0) is 68.9 Å². The number of nitrogens with zero attached hydrogens (tertiary/aromatic N) is 1. The molecule has 0 radical (unpaired) electrons. The highest BCUT2D eigenvalue weighted by atomic mass is 16.7. The molecule has 0 bridgehead atoms. The van der Waals surface area contributed by atoms with Crippen molar-refractivity contribution < 1.29 is 29.0 Å². The maximum absolute atomic E-state index is 14.3. The normalized spacial score (nSPS) is 18.9. The Kier molecular flexibility index (Phi) is 20.1. The van der Waals surface area contributed by atoms with E-state index in [4.69, 9.17) is 15.2 Å². The number of carbonyl (C=O) groups excluding carboxylic acids is 3. The molecule has 1 aliphatic heterocycles. The number of aliphatic hydroxyl groups excluding tert-OH is 1. The number of rotatable bonds is 23. The van der Waals surface area contributed by atoms with Crippen molar-refractivity contribution in [3.63, 3.8) is 0 Å². The van der Waals surface area contributed by atoms with Crippen LogP contribution in [-0.2, 0) is 30.3 Å². The molecule has 1 aromatic rings. The molecule has 0 aromatic heterocycles. The van der Waals surface area contributed by atoms with Crippen LogP contribution in [0.1, 0.15) is 110 Å². The van der Waals surface area contributed by atoms with E-state index in [1.165, 1.54) is 6.42 Å². The molecule has 3 amide bonds. The molecule has 1 heterocycles. The number of aliphatic hydroxyl groups is 1. The Morgan fingerprint density at radius 3 is 2.31 bits per heavy atom. The number of ether oxygens (including phenoxy) is 2. The molecule has 1 saturated heterocycles. The first kappa shape index (κ1) is 42.8. The highest BCUT2D eigenvalue weighted by molar-refractivity contribution is 5.86. The van der Waals surface area contributed by atoms with Crippen LogP contribution < -0.4 is 21.7 Å². The lowest BCUT2D eigenvalue weighted by atomic mass is 9.81. The van der Waals surface area contributed by atoms with Crippen LogP contribution in [0.3, 0.4) is 0 Å². The van der Waals surface area contributed by atoms with Crippen molar-refractivity contribution in [1.82, 2.24) is 20.9 Å². The number of likely N-dealkylation sites (tertiary alicyclic amines) is 1. The summed E-state index contributed by atoms with van der Waals surface area (Å²) in [5, 5.41) is 21.6. The summed E-state index contributed by atoms with van der Waals surface area (Å²) in [4.78, 5) is 43.6. The summed E-state index contributed by atoms with van der Waals surface area (Å²) >= 11 is 0. The van der Waals surface area contributed by atoms with Gasteiger partial charge in [-0.1, -0.05) is 96.0 Å². The Morgan fingerprint density at radius 2 is 1.69 bits per heavy atom. The second kappa shape index (κ2) is 23.9. The van der Waals surface area contributed by atoms with Gasteiger partial charge in [0.05, 0.1) is 30.3 Å². The molecular formula is C40H69N5O6. The lowest BCUT2D eigenvalue weighted by Gasteiger charge is -2.36. The lowest BCUT2D eigenvalue weighted by molar-refractivity contribution is -0.139. The summed E-state index contributed by atoms with van der Waals surface area (Å²) in [6.45, 7) is 8.50. The van der Waals surface area contributed by atoms with Crippen LogP contribution in [0, 0.1) is 17.8 Å². The average molecular weight is 716 g/mol. The largest absolute Gasteiger partial charge is 0.391 e. The van der Waals surface area contributed by atoms with Crippen molar-refractivity contribution in [2.24, 2.45) is 23.5 Å². The Morgan fingerprint density at radius 1 is 0.980 bits per heavy atom. The molecular weight excluding hydrogens is 646 g/mol. The fraction of sp³-hybridized carbons (Fsp3) is 0.775. The van der Waals surface area contributed by atoms with Gasteiger partial charge < -0.3 is 35.8 Å². The summed E-state index contributed by atoms with van der Waals surface area (Å²) in [5.74, 6) is -0.274. The fourth-order valence-electron chi connectivity index (χ4n) is 7.56. The fourth-order valence-corrected chi connectivity index (χ4v) is 7.56. The van der Waals surface area contributed by atoms with Gasteiger partial charge in [0.1, 0.15) is 6.79 Å². The number of unbranched alkanes of at least 4 members (excludes halogenated alkanes) is 1. The molecule has 11 heteroatoms. The van der Waals surface area contributed by atoms with Gasteiger partial charge >= 0.3 is 0 Å². The molecule has 2 fully saturated rings. The Labute approximate surface area is 307 Å². The van der Waals surface area contributed by atoms with Gasteiger partial charge in [-0.15, -0.1) is 0 Å². The monoisotopic (exact) mass is 716 g/mol. The van der Waals surface area contributed by atoms with E-state index in [0.717, 1.165) is 56.9 Å². The van der Waals surface area contributed by atoms with Crippen molar-refractivity contribution in [3.8, 4) is 0 Å². The second-order valence-corrected chi connectivity index (χ2v) is 15.1. The quantitative estimate of drug-likeness (QED) is 0.0831. The van der Waals surface area contributed by atoms with E-state index in [-0.39, 0.29) is 43.0 Å². The van der Waals surface area contributed by atoms with Crippen LogP contribution >= 0.6 is 0 Å². The zero-order chi connectivity index (χ0) is 37.0. The van der Waals surface area contributed by atoms with Gasteiger partial charge in [-0.25, -0.2) is 0 Å². The summed E-state index contributed by atoms with van der Waals surface area (Å²) in [6.07, 6.45) is 10.7. The van der Waals surface area contributed by atoms with Gasteiger partial charge in [-0.2, -0.15) is 0 Å². The summed E-state index contributed by atoms with van der Waals surface area (Å²) in [5.41, 5.74) is 6.66. The molecule has 3 rings (SSSR count). The second-order valence-electron chi connectivity index (χ2n) is 15.1. The number of hydrogen-bond acceptors (Lipinski definition) is 8. The molecule has 6 N–H and O–H groups in total. The standard InChI is InChI=1S/C40H69N5O6/c1-5-6-18-34(43-36(26-31-16-11-8-12-17-31)40(49)45-23-19-32(20-24-45)51-28-50-4)39(48)44-35(25-30-14-9-7-10-15-30)37(46)27-33(29(2)3)38(47)42-22-13-21-41/h8,11-12,16-17,29-30,32-37,43,46H,5-7,9-10,13-15,18-28,41H2,1-4H3,(H,42,47)(H,44,48)/t33-,34-,35-,36-,37-/m0/s1. The molecule has 51 heavy (non-hydrogen) atoms. The van der Waals surface area contributed by atoms with Crippen LogP contribution in [0.2, 0.25) is 0 Å². The van der Waals surface area contributed by atoms with Gasteiger partial charge in [0.15, 0.2) is 0 Å². The van der Waals surface area contributed by atoms with Crippen molar-refractivity contribution >= 4 is 17.7 Å². The number of amides is 3. The lowest BCUT2D eigenvalue weighted by Crippen LogP contribution is -2.58. The third kappa shape index (κ3) is 15.1. The Bertz CT molecular complexity index is 1130. The smallest absolute Gasteiger partial charge is 0.240 e. The number of nitrogens with two attached hydrogens (primary N) is 1. The first-order valence-electron chi connectivity index (χ1n) is 19.8. The molecule has 1 aromatic carbocycles. The van der Waals surface area contributed by atoms with Gasteiger partial charge in [-0.3, -0.25) is 19.7 Å². The average Bonchev–Trinajstić information content (AvgIpc) is 3.14. The van der Waals surface area contributed by atoms with E-state index in [9.17, 15) is 19.5 Å². The van der Waals surface area contributed by atoms with Crippen molar-refractivity contribution in [3.05, 3.63) is 35.9 Å². The van der Waals surface area contributed by atoms with Crippen molar-refractivity contribution in [2.45, 2.75) is 141 Å². The van der Waals surface area contributed by atoms with Crippen molar-refractivity contribution in [2.75, 3.05) is 40.1 Å². The minimum absolute atomic E-state index is 0.0162. The highest BCUT2D eigenvalue weighted by Crippen LogP contribution is 2.30. The van der Waals surface area contributed by atoms with Crippen LogP contribution in [-0.4, -0.2) is 98.1 Å². The molecule has 1 saturated carbocycles. The first-order valence-corrected chi connectivity index (χ1v) is 19.8. The van der Waals surface area contributed by atoms with Gasteiger partial charge in [0.2, 0.25) is 17.7 Å². The van der Waals surface area contributed by atoms with E-state index in [2.05, 4.69) is 22.9 Å². The highest BCUT2D eigenvalue weighted by Gasteiger charge is 2.35. The molecule has 2 aliphatic rings. The zero-order valence-corrected chi connectivity index (χ0v) is 32.0. The molecule has 1 aliphatic carbocycles. The third-order valence-corrected chi connectivity index (χ3v) is 10.7. The number of nitrogens with one attached hydrogen (secondary N) is 3. The van der Waals surface area contributed by atoms with Crippen LogP contribution in [0.5, 0.6) is 0 Å². The summed E-state index contributed by atoms with van der Waals surface area (Å²) in [7, 11) is 1.61. The van der Waals surface area contributed by atoms with Gasteiger partial charge in [0.25, 0.3) is 0 Å². The molecule has 290 valence electrons. The summed E-state index contributed by atoms with van der Waals surface area (Å²) in [6, 6.07) is 8.21. The van der Waals surface area contributed by atoms with Crippen LogP contribution in [0.25, 0.3) is 0 Å². The Balaban J connectivity index is 1.81. The van der Waals surface area contributed by atoms with E-state index in [1.54, 1.807) is 7.11 Å². The molecule has 0 unspecified atom stereocenters. The summed E-state index contributed by atoms with van der Waals surface area (Å²) < 4.78 is 10.8. The number of carbonyl (C=O) groups is 3.